The molecule has 1 aromatic heterocycles. The van der Waals surface area contributed by atoms with Crippen molar-refractivity contribution >= 4 is 28.2 Å². The summed E-state index contributed by atoms with van der Waals surface area (Å²) in [5, 5.41) is 5.94. The molecule has 0 aliphatic heterocycles. The molecule has 0 aliphatic rings. The van der Waals surface area contributed by atoms with Crippen molar-refractivity contribution in [3.05, 3.63) is 4.88 Å². The van der Waals surface area contributed by atoms with Crippen LogP contribution in [0.5, 0.6) is 0 Å². The van der Waals surface area contributed by atoms with Crippen molar-refractivity contribution < 1.29 is 4.79 Å². The van der Waals surface area contributed by atoms with Crippen LogP contribution < -0.4 is 16.4 Å². The monoisotopic (exact) mass is 186 g/mol. The second kappa shape index (κ2) is 3.40. The summed E-state index contributed by atoms with van der Waals surface area (Å²) in [6.07, 6.45) is 0. The Hall–Kier alpha value is -1.30. The maximum atomic E-state index is 11.1. The third-order valence-electron chi connectivity index (χ3n) is 1.30. The molecule has 0 spiro atoms. The van der Waals surface area contributed by atoms with E-state index in [-0.39, 0.29) is 11.7 Å². The number of nitrogens with one attached hydrogen (secondary N) is 2. The minimum atomic E-state index is -0.202. The third kappa shape index (κ3) is 1.48. The van der Waals surface area contributed by atoms with Crippen molar-refractivity contribution in [2.24, 2.45) is 0 Å². The zero-order valence-corrected chi connectivity index (χ0v) is 7.66. The van der Waals surface area contributed by atoms with Crippen molar-refractivity contribution in [2.75, 3.05) is 25.1 Å². The number of aromatic nitrogens is 1. The van der Waals surface area contributed by atoms with Gasteiger partial charge in [-0.1, -0.05) is 11.3 Å². The number of hydrogen-bond donors (Lipinski definition) is 3. The average Bonchev–Trinajstić information content (AvgIpc) is 2.45. The second-order valence-corrected chi connectivity index (χ2v) is 3.06. The van der Waals surface area contributed by atoms with Crippen LogP contribution in [0.4, 0.5) is 10.9 Å². The maximum absolute atomic E-state index is 11.1. The predicted octanol–water partition coefficient (Wildman–Crippen LogP) is 0.127. The number of rotatable bonds is 2. The maximum Gasteiger partial charge on any atom is 0.265 e. The molecule has 0 atom stereocenters. The molecule has 0 aliphatic carbocycles. The Labute approximate surface area is 74.0 Å². The molecule has 0 saturated heterocycles. The lowest BCUT2D eigenvalue weighted by molar-refractivity contribution is 0.0968. The fraction of sp³-hybridized carbons (Fsp3) is 0.333. The number of carbonyl (C=O) groups is 1. The van der Waals surface area contributed by atoms with E-state index in [2.05, 4.69) is 15.6 Å². The molecule has 0 saturated carbocycles. The Bertz CT molecular complexity index is 296. The molecule has 12 heavy (non-hydrogen) atoms. The summed E-state index contributed by atoms with van der Waals surface area (Å²) >= 11 is 1.23. The lowest BCUT2D eigenvalue weighted by Crippen LogP contribution is -2.17. The molecule has 1 aromatic rings. The van der Waals surface area contributed by atoms with Gasteiger partial charge in [0.05, 0.1) is 0 Å². The van der Waals surface area contributed by atoms with Gasteiger partial charge in [-0.3, -0.25) is 4.79 Å². The quantitative estimate of drug-likeness (QED) is 0.613. The third-order valence-corrected chi connectivity index (χ3v) is 2.39. The van der Waals surface area contributed by atoms with E-state index < -0.39 is 0 Å². The van der Waals surface area contributed by atoms with E-state index in [1.165, 1.54) is 11.3 Å². The smallest absolute Gasteiger partial charge is 0.265 e. The number of amides is 1. The van der Waals surface area contributed by atoms with E-state index in [4.69, 9.17) is 5.73 Å². The van der Waals surface area contributed by atoms with Crippen LogP contribution >= 0.6 is 11.3 Å². The molecule has 1 heterocycles. The highest BCUT2D eigenvalue weighted by Gasteiger charge is 2.13. The first-order chi connectivity index (χ1) is 5.69. The van der Waals surface area contributed by atoms with Crippen molar-refractivity contribution in [1.82, 2.24) is 10.3 Å². The second-order valence-electron chi connectivity index (χ2n) is 2.06. The normalized spacial score (nSPS) is 9.50. The molecular weight excluding hydrogens is 176 g/mol. The number of thiazole rings is 1. The summed E-state index contributed by atoms with van der Waals surface area (Å²) in [5.74, 6) is 0.0650. The van der Waals surface area contributed by atoms with Gasteiger partial charge in [0.15, 0.2) is 5.13 Å². The number of nitrogen functional groups attached to an aromatic ring is 1. The van der Waals surface area contributed by atoms with E-state index in [0.29, 0.717) is 10.0 Å². The Morgan fingerprint density at radius 2 is 2.25 bits per heavy atom. The number of nitrogens with two attached hydrogens (primary N) is 1. The lowest BCUT2D eigenvalue weighted by atomic mass is 10.5. The molecule has 1 amide bonds. The number of anilines is 2. The number of hydrogen-bond acceptors (Lipinski definition) is 5. The van der Waals surface area contributed by atoms with Crippen LogP contribution in [0.2, 0.25) is 0 Å². The predicted molar refractivity (Wildman–Crippen MR) is 49.5 cm³/mol. The molecular formula is C6H10N4OS. The highest BCUT2D eigenvalue weighted by atomic mass is 32.1. The molecule has 66 valence electrons. The topological polar surface area (TPSA) is 80.0 Å². The highest BCUT2D eigenvalue weighted by Crippen LogP contribution is 2.23. The summed E-state index contributed by atoms with van der Waals surface area (Å²) in [5.41, 5.74) is 5.49. The summed E-state index contributed by atoms with van der Waals surface area (Å²) in [6, 6.07) is 0. The summed E-state index contributed by atoms with van der Waals surface area (Å²) in [7, 11) is 3.28. The zero-order chi connectivity index (χ0) is 9.14. The van der Waals surface area contributed by atoms with Crippen LogP contribution in [0.25, 0.3) is 0 Å². The fourth-order valence-electron chi connectivity index (χ4n) is 0.715. The van der Waals surface area contributed by atoms with E-state index in [9.17, 15) is 4.79 Å². The molecule has 0 bridgehead atoms. The van der Waals surface area contributed by atoms with Gasteiger partial charge < -0.3 is 16.4 Å². The molecule has 0 aromatic carbocycles. The van der Waals surface area contributed by atoms with Crippen LogP contribution in [-0.4, -0.2) is 25.0 Å². The summed E-state index contributed by atoms with van der Waals surface area (Å²) < 4.78 is 0. The Morgan fingerprint density at radius 1 is 1.58 bits per heavy atom. The minimum absolute atomic E-state index is 0.202. The van der Waals surface area contributed by atoms with Crippen molar-refractivity contribution in [2.45, 2.75) is 0 Å². The van der Waals surface area contributed by atoms with E-state index in [1.54, 1.807) is 14.1 Å². The van der Waals surface area contributed by atoms with Gasteiger partial charge in [0.1, 0.15) is 10.7 Å². The van der Waals surface area contributed by atoms with E-state index >= 15 is 0 Å². The van der Waals surface area contributed by atoms with Crippen LogP contribution in [0.15, 0.2) is 0 Å². The van der Waals surface area contributed by atoms with Crippen molar-refractivity contribution in [3.63, 3.8) is 0 Å². The Morgan fingerprint density at radius 3 is 2.67 bits per heavy atom. The minimum Gasteiger partial charge on any atom is -0.382 e. The molecule has 6 heteroatoms. The largest absolute Gasteiger partial charge is 0.382 e. The molecule has 1 rings (SSSR count). The molecule has 0 radical (unpaired) electrons. The number of nitrogens with zero attached hydrogens (tertiary/aromatic N) is 1. The summed E-state index contributed by atoms with van der Waals surface area (Å²) in [6.45, 7) is 0. The van der Waals surface area contributed by atoms with Gasteiger partial charge in [-0.05, 0) is 0 Å². The van der Waals surface area contributed by atoms with Crippen LogP contribution in [-0.2, 0) is 0 Å². The van der Waals surface area contributed by atoms with Gasteiger partial charge in [-0.2, -0.15) is 0 Å². The first-order valence-corrected chi connectivity index (χ1v) is 4.16. The van der Waals surface area contributed by atoms with Crippen LogP contribution in [0.1, 0.15) is 9.67 Å². The first kappa shape index (κ1) is 8.79. The van der Waals surface area contributed by atoms with E-state index in [0.717, 1.165) is 0 Å². The van der Waals surface area contributed by atoms with Gasteiger partial charge >= 0.3 is 0 Å². The standard InChI is InChI=1S/C6H10N4OS/c1-8-5(11)3-4(7)10-6(9-2)12-3/h7H2,1-2H3,(H,8,11)(H,9,10). The van der Waals surface area contributed by atoms with Gasteiger partial charge in [0, 0.05) is 14.1 Å². The van der Waals surface area contributed by atoms with E-state index in [1.807, 2.05) is 0 Å². The zero-order valence-electron chi connectivity index (χ0n) is 6.84. The highest BCUT2D eigenvalue weighted by molar-refractivity contribution is 7.18. The van der Waals surface area contributed by atoms with Gasteiger partial charge in [0.2, 0.25) is 0 Å². The van der Waals surface area contributed by atoms with Crippen LogP contribution in [0, 0.1) is 0 Å². The van der Waals surface area contributed by atoms with Crippen LogP contribution in [0.3, 0.4) is 0 Å². The van der Waals surface area contributed by atoms with Crippen molar-refractivity contribution in [3.8, 4) is 0 Å². The molecule has 5 nitrogen and oxygen atoms in total. The molecule has 4 N–H and O–H groups in total. The van der Waals surface area contributed by atoms with Crippen molar-refractivity contribution in [1.29, 1.82) is 0 Å². The van der Waals surface area contributed by atoms with Gasteiger partial charge in [-0.15, -0.1) is 0 Å². The van der Waals surface area contributed by atoms with Gasteiger partial charge in [-0.25, -0.2) is 4.98 Å². The first-order valence-electron chi connectivity index (χ1n) is 3.35. The lowest BCUT2D eigenvalue weighted by Gasteiger charge is -1.93. The molecule has 0 unspecified atom stereocenters. The Kier molecular flexibility index (Phi) is 2.49. The van der Waals surface area contributed by atoms with Gasteiger partial charge in [0.25, 0.3) is 5.91 Å². The SMILES string of the molecule is CNC(=O)c1sc(NC)nc1N. The number of carbonyl (C=O) groups excluding carboxylic acids is 1. The average molecular weight is 186 g/mol. The summed E-state index contributed by atoms with van der Waals surface area (Å²) in [4.78, 5) is 15.5. The fourth-order valence-corrected chi connectivity index (χ4v) is 1.50. The molecule has 0 fully saturated rings. The Balaban J connectivity index is 2.99.